The monoisotopic (exact) mass is 261 g/mol. The number of ether oxygens (including phenoxy) is 1. The molecule has 0 spiro atoms. The van der Waals surface area contributed by atoms with E-state index in [0.29, 0.717) is 18.7 Å². The summed E-state index contributed by atoms with van der Waals surface area (Å²) in [5.74, 6) is 0.137. The van der Waals surface area contributed by atoms with Gasteiger partial charge in [0, 0.05) is 24.5 Å². The van der Waals surface area contributed by atoms with Crippen LogP contribution >= 0.6 is 0 Å². The number of carbonyl (C=O) groups is 1. The Morgan fingerprint density at radius 2 is 2.32 bits per heavy atom. The van der Waals surface area contributed by atoms with Crippen LogP contribution in [0.15, 0.2) is 18.2 Å². The van der Waals surface area contributed by atoms with E-state index in [1.165, 1.54) is 0 Å². The second-order valence-corrected chi connectivity index (χ2v) is 5.32. The predicted molar refractivity (Wildman–Crippen MR) is 74.1 cm³/mol. The van der Waals surface area contributed by atoms with Crippen molar-refractivity contribution >= 4 is 17.3 Å². The van der Waals surface area contributed by atoms with Crippen molar-refractivity contribution in [2.75, 3.05) is 43.9 Å². The molecule has 1 aromatic carbocycles. The Labute approximate surface area is 112 Å². The number of carbonyl (C=O) groups excluding carboxylic acids is 1. The van der Waals surface area contributed by atoms with Gasteiger partial charge in [-0.05, 0) is 30.8 Å². The van der Waals surface area contributed by atoms with Crippen LogP contribution in [-0.2, 0) is 16.0 Å². The van der Waals surface area contributed by atoms with Gasteiger partial charge in [0.2, 0.25) is 5.91 Å². The van der Waals surface area contributed by atoms with E-state index in [9.17, 15) is 4.79 Å². The van der Waals surface area contributed by atoms with Crippen LogP contribution in [0.4, 0.5) is 11.4 Å². The quantitative estimate of drug-likeness (QED) is 0.787. The summed E-state index contributed by atoms with van der Waals surface area (Å²) in [5, 5.41) is 0. The van der Waals surface area contributed by atoms with Gasteiger partial charge in [0.25, 0.3) is 0 Å². The highest BCUT2D eigenvalue weighted by atomic mass is 16.5. The van der Waals surface area contributed by atoms with Crippen LogP contribution in [0, 0.1) is 0 Å². The number of nitrogens with two attached hydrogens (primary N) is 1. The molecule has 0 aromatic heterocycles. The van der Waals surface area contributed by atoms with Gasteiger partial charge in [-0.15, -0.1) is 0 Å². The standard InChI is InChI=1S/C14H19N3O2/c1-16-4-5-19-12(8-16)9-17-13-3-2-11(15)6-10(13)7-14(17)18/h2-3,6,12H,4-5,7-9,15H2,1H3. The number of likely N-dealkylation sites (N-methyl/N-ethyl adjacent to an activating group) is 1. The third-order valence-electron chi connectivity index (χ3n) is 3.77. The number of nitrogens with zero attached hydrogens (tertiary/aromatic N) is 2. The second-order valence-electron chi connectivity index (χ2n) is 5.32. The number of amides is 1. The van der Waals surface area contributed by atoms with E-state index in [4.69, 9.17) is 10.5 Å². The van der Waals surface area contributed by atoms with Crippen molar-refractivity contribution in [3.63, 3.8) is 0 Å². The molecule has 1 aromatic rings. The van der Waals surface area contributed by atoms with E-state index in [1.54, 1.807) is 0 Å². The SMILES string of the molecule is CN1CCOC(CN2C(=O)Cc3cc(N)ccc32)C1. The second kappa shape index (κ2) is 4.83. The molecule has 3 rings (SSSR count). The summed E-state index contributed by atoms with van der Waals surface area (Å²) in [4.78, 5) is 16.2. The van der Waals surface area contributed by atoms with Crippen molar-refractivity contribution in [1.82, 2.24) is 4.90 Å². The summed E-state index contributed by atoms with van der Waals surface area (Å²) in [6.07, 6.45) is 0.536. The summed E-state index contributed by atoms with van der Waals surface area (Å²) < 4.78 is 5.74. The zero-order valence-electron chi connectivity index (χ0n) is 11.1. The lowest BCUT2D eigenvalue weighted by Gasteiger charge is -2.32. The number of hydrogen-bond acceptors (Lipinski definition) is 4. The van der Waals surface area contributed by atoms with Gasteiger partial charge >= 0.3 is 0 Å². The first-order valence-corrected chi connectivity index (χ1v) is 6.62. The highest BCUT2D eigenvalue weighted by molar-refractivity contribution is 6.01. The third-order valence-corrected chi connectivity index (χ3v) is 3.77. The summed E-state index contributed by atoms with van der Waals surface area (Å²) in [7, 11) is 2.08. The summed E-state index contributed by atoms with van der Waals surface area (Å²) in [6, 6.07) is 5.67. The summed E-state index contributed by atoms with van der Waals surface area (Å²) >= 11 is 0. The van der Waals surface area contributed by atoms with E-state index < -0.39 is 0 Å². The number of anilines is 2. The van der Waals surface area contributed by atoms with Gasteiger partial charge in [0.15, 0.2) is 0 Å². The normalized spacial score (nSPS) is 23.7. The van der Waals surface area contributed by atoms with Crippen molar-refractivity contribution in [1.29, 1.82) is 0 Å². The van der Waals surface area contributed by atoms with Crippen LogP contribution in [0.1, 0.15) is 5.56 Å². The van der Waals surface area contributed by atoms with Gasteiger partial charge in [-0.3, -0.25) is 4.79 Å². The molecule has 2 aliphatic rings. The third kappa shape index (κ3) is 2.43. The van der Waals surface area contributed by atoms with Gasteiger partial charge in [0.05, 0.1) is 25.7 Å². The molecular weight excluding hydrogens is 242 g/mol. The van der Waals surface area contributed by atoms with Crippen molar-refractivity contribution in [2.45, 2.75) is 12.5 Å². The van der Waals surface area contributed by atoms with E-state index in [0.717, 1.165) is 30.9 Å². The summed E-state index contributed by atoms with van der Waals surface area (Å²) in [5.41, 5.74) is 8.48. The molecule has 2 heterocycles. The van der Waals surface area contributed by atoms with Crippen LogP contribution in [0.3, 0.4) is 0 Å². The first-order valence-electron chi connectivity index (χ1n) is 6.62. The highest BCUT2D eigenvalue weighted by Crippen LogP contribution is 2.30. The molecule has 1 unspecified atom stereocenters. The molecule has 1 saturated heterocycles. The molecule has 1 atom stereocenters. The summed E-state index contributed by atoms with van der Waals surface area (Å²) in [6.45, 7) is 3.18. The van der Waals surface area contributed by atoms with E-state index in [1.807, 2.05) is 23.1 Å². The Morgan fingerprint density at radius 3 is 3.11 bits per heavy atom. The predicted octanol–water partition coefficient (Wildman–Crippen LogP) is 0.489. The average Bonchev–Trinajstić information content (AvgIpc) is 2.65. The van der Waals surface area contributed by atoms with E-state index >= 15 is 0 Å². The molecule has 102 valence electrons. The Morgan fingerprint density at radius 1 is 1.47 bits per heavy atom. The van der Waals surface area contributed by atoms with Gasteiger partial charge in [-0.25, -0.2) is 0 Å². The number of morpholine rings is 1. The molecule has 2 N–H and O–H groups in total. The number of fused-ring (bicyclic) bond motifs is 1. The molecule has 5 heteroatoms. The lowest BCUT2D eigenvalue weighted by Crippen LogP contribution is -2.46. The van der Waals surface area contributed by atoms with Crippen molar-refractivity contribution in [3.05, 3.63) is 23.8 Å². The minimum absolute atomic E-state index is 0.0891. The molecule has 0 saturated carbocycles. The number of nitrogen functional groups attached to an aromatic ring is 1. The fourth-order valence-corrected chi connectivity index (χ4v) is 2.78. The number of rotatable bonds is 2. The molecule has 2 aliphatic heterocycles. The number of hydrogen-bond donors (Lipinski definition) is 1. The lowest BCUT2D eigenvalue weighted by atomic mass is 10.1. The topological polar surface area (TPSA) is 58.8 Å². The van der Waals surface area contributed by atoms with E-state index in [2.05, 4.69) is 11.9 Å². The smallest absolute Gasteiger partial charge is 0.231 e. The first kappa shape index (κ1) is 12.4. The minimum Gasteiger partial charge on any atom is -0.399 e. The van der Waals surface area contributed by atoms with E-state index in [-0.39, 0.29) is 12.0 Å². The zero-order chi connectivity index (χ0) is 13.4. The maximum absolute atomic E-state index is 12.1. The molecular formula is C14H19N3O2. The van der Waals surface area contributed by atoms with Gasteiger partial charge in [0.1, 0.15) is 0 Å². The highest BCUT2D eigenvalue weighted by Gasteiger charge is 2.30. The maximum Gasteiger partial charge on any atom is 0.231 e. The van der Waals surface area contributed by atoms with Crippen molar-refractivity contribution in [2.24, 2.45) is 0 Å². The van der Waals surface area contributed by atoms with Crippen LogP contribution in [0.25, 0.3) is 0 Å². The molecule has 0 aliphatic carbocycles. The van der Waals surface area contributed by atoms with Crippen LogP contribution < -0.4 is 10.6 Å². The molecule has 0 radical (unpaired) electrons. The largest absolute Gasteiger partial charge is 0.399 e. The zero-order valence-corrected chi connectivity index (χ0v) is 11.1. The lowest BCUT2D eigenvalue weighted by molar-refractivity contribution is -0.118. The van der Waals surface area contributed by atoms with Crippen LogP contribution in [0.2, 0.25) is 0 Å². The van der Waals surface area contributed by atoms with Gasteiger partial charge < -0.3 is 20.3 Å². The Kier molecular flexibility index (Phi) is 3.16. The van der Waals surface area contributed by atoms with Crippen molar-refractivity contribution < 1.29 is 9.53 Å². The minimum atomic E-state index is 0.0891. The fourth-order valence-electron chi connectivity index (χ4n) is 2.78. The van der Waals surface area contributed by atoms with Crippen LogP contribution in [-0.4, -0.2) is 50.2 Å². The average molecular weight is 261 g/mol. The number of benzene rings is 1. The van der Waals surface area contributed by atoms with Gasteiger partial charge in [-0.1, -0.05) is 0 Å². The first-order chi connectivity index (χ1) is 9.13. The Bertz CT molecular complexity index is 503. The van der Waals surface area contributed by atoms with Crippen molar-refractivity contribution in [3.8, 4) is 0 Å². The Hall–Kier alpha value is -1.59. The van der Waals surface area contributed by atoms with Gasteiger partial charge in [-0.2, -0.15) is 0 Å². The molecule has 5 nitrogen and oxygen atoms in total. The van der Waals surface area contributed by atoms with Crippen LogP contribution in [0.5, 0.6) is 0 Å². The molecule has 1 fully saturated rings. The molecule has 19 heavy (non-hydrogen) atoms. The fraction of sp³-hybridized carbons (Fsp3) is 0.500. The maximum atomic E-state index is 12.1. The molecule has 0 bridgehead atoms. The molecule has 1 amide bonds. The Balaban J connectivity index is 1.77.